The predicted molar refractivity (Wildman–Crippen MR) is 71.5 cm³/mol. The molecule has 0 aliphatic heterocycles. The maximum Gasteiger partial charge on any atom is 0.339 e. The Hall–Kier alpha value is -2.04. The van der Waals surface area contributed by atoms with E-state index in [1.54, 1.807) is 31.0 Å². The van der Waals surface area contributed by atoms with Crippen LogP contribution in [0.5, 0.6) is 5.75 Å². The molecule has 0 atom stereocenters. The van der Waals surface area contributed by atoms with Crippen LogP contribution < -0.4 is 4.74 Å². The van der Waals surface area contributed by atoms with E-state index >= 15 is 0 Å². The monoisotopic (exact) mass is 265 g/mol. The number of carbonyl (C=O) groups excluding carboxylic acids is 1. The molecular weight excluding hydrogens is 246 g/mol. The first-order chi connectivity index (χ1) is 8.82. The molecule has 0 heterocycles. The first-order valence-corrected chi connectivity index (χ1v) is 6.05. The van der Waals surface area contributed by atoms with E-state index in [0.29, 0.717) is 0 Å². The van der Waals surface area contributed by atoms with E-state index in [4.69, 9.17) is 9.84 Å². The molecule has 1 rings (SSSR count). The zero-order chi connectivity index (χ0) is 14.6. The fraction of sp³-hybridized carbons (Fsp3) is 0.429. The zero-order valence-electron chi connectivity index (χ0n) is 11.6. The molecule has 0 aliphatic rings. The van der Waals surface area contributed by atoms with Gasteiger partial charge < -0.3 is 14.7 Å². The number of amides is 1. The normalized spacial score (nSPS) is 10.4. The summed E-state index contributed by atoms with van der Waals surface area (Å²) in [6.07, 6.45) is 0. The Morgan fingerprint density at radius 1 is 1.37 bits per heavy atom. The number of likely N-dealkylation sites (N-methyl/N-ethyl adjacent to an activating group) is 1. The van der Waals surface area contributed by atoms with Gasteiger partial charge in [-0.05, 0) is 32.9 Å². The topological polar surface area (TPSA) is 66.8 Å². The van der Waals surface area contributed by atoms with Gasteiger partial charge in [0.1, 0.15) is 11.3 Å². The van der Waals surface area contributed by atoms with E-state index in [0.717, 1.165) is 5.56 Å². The summed E-state index contributed by atoms with van der Waals surface area (Å²) in [5, 5.41) is 9.08. The molecule has 0 radical (unpaired) electrons. The van der Waals surface area contributed by atoms with Gasteiger partial charge >= 0.3 is 5.97 Å². The molecule has 5 heteroatoms. The van der Waals surface area contributed by atoms with Crippen molar-refractivity contribution in [3.8, 4) is 5.75 Å². The van der Waals surface area contributed by atoms with Crippen LogP contribution in [-0.4, -0.2) is 41.6 Å². The molecule has 0 spiro atoms. The summed E-state index contributed by atoms with van der Waals surface area (Å²) in [5.41, 5.74) is 0.898. The van der Waals surface area contributed by atoms with Crippen LogP contribution in [0.2, 0.25) is 0 Å². The number of carbonyl (C=O) groups is 2. The number of hydrogen-bond donors (Lipinski definition) is 1. The fourth-order valence-electron chi connectivity index (χ4n) is 1.47. The lowest BCUT2D eigenvalue weighted by Gasteiger charge is -2.21. The van der Waals surface area contributed by atoms with Crippen molar-refractivity contribution >= 4 is 11.9 Å². The second kappa shape index (κ2) is 6.22. The standard InChI is InChI=1S/C14H19NO4/c1-9(2)15(4)13(16)8-19-12-6-5-10(3)7-11(12)14(17)18/h5-7,9H,8H2,1-4H3,(H,17,18). The predicted octanol–water partition coefficient (Wildman–Crippen LogP) is 1.94. The summed E-state index contributed by atoms with van der Waals surface area (Å²) in [5.74, 6) is -1.04. The van der Waals surface area contributed by atoms with Gasteiger partial charge in [-0.25, -0.2) is 4.79 Å². The van der Waals surface area contributed by atoms with E-state index in [2.05, 4.69) is 0 Å². The second-order valence-corrected chi connectivity index (χ2v) is 4.69. The quantitative estimate of drug-likeness (QED) is 0.883. The molecule has 1 aromatic carbocycles. The Morgan fingerprint density at radius 2 is 2.00 bits per heavy atom. The lowest BCUT2D eigenvalue weighted by atomic mass is 10.1. The Bertz CT molecular complexity index is 482. The number of carboxylic acids is 1. The van der Waals surface area contributed by atoms with Crippen molar-refractivity contribution in [2.24, 2.45) is 0 Å². The second-order valence-electron chi connectivity index (χ2n) is 4.69. The summed E-state index contributed by atoms with van der Waals surface area (Å²) in [7, 11) is 1.68. The molecule has 1 amide bonds. The highest BCUT2D eigenvalue weighted by Gasteiger charge is 2.16. The molecule has 0 aromatic heterocycles. The highest BCUT2D eigenvalue weighted by atomic mass is 16.5. The van der Waals surface area contributed by atoms with Crippen molar-refractivity contribution in [3.05, 3.63) is 29.3 Å². The van der Waals surface area contributed by atoms with E-state index in [-0.39, 0.29) is 29.9 Å². The SMILES string of the molecule is Cc1ccc(OCC(=O)N(C)C(C)C)c(C(=O)O)c1. The molecule has 0 unspecified atom stereocenters. The minimum absolute atomic E-state index is 0.0694. The van der Waals surface area contributed by atoms with Crippen LogP contribution in [0.15, 0.2) is 18.2 Å². The van der Waals surface area contributed by atoms with Crippen molar-refractivity contribution in [2.75, 3.05) is 13.7 Å². The lowest BCUT2D eigenvalue weighted by Crippen LogP contribution is -2.36. The van der Waals surface area contributed by atoms with Crippen molar-refractivity contribution in [1.82, 2.24) is 4.90 Å². The van der Waals surface area contributed by atoms with Gasteiger partial charge in [0.2, 0.25) is 0 Å². The highest BCUT2D eigenvalue weighted by molar-refractivity contribution is 5.91. The lowest BCUT2D eigenvalue weighted by molar-refractivity contribution is -0.133. The van der Waals surface area contributed by atoms with Gasteiger partial charge in [0.25, 0.3) is 5.91 Å². The highest BCUT2D eigenvalue weighted by Crippen LogP contribution is 2.20. The molecule has 1 aromatic rings. The first kappa shape index (κ1) is 15.0. The van der Waals surface area contributed by atoms with Crippen molar-refractivity contribution in [2.45, 2.75) is 26.8 Å². The average Bonchev–Trinajstić information content (AvgIpc) is 2.35. The van der Waals surface area contributed by atoms with Gasteiger partial charge in [0, 0.05) is 13.1 Å². The molecule has 0 fully saturated rings. The number of aryl methyl sites for hydroxylation is 1. The van der Waals surface area contributed by atoms with E-state index in [1.165, 1.54) is 6.07 Å². The molecule has 19 heavy (non-hydrogen) atoms. The Kier molecular flexibility index (Phi) is 4.92. The number of hydrogen-bond acceptors (Lipinski definition) is 3. The first-order valence-electron chi connectivity index (χ1n) is 6.05. The van der Waals surface area contributed by atoms with Crippen molar-refractivity contribution in [3.63, 3.8) is 0 Å². The molecule has 0 saturated heterocycles. The molecule has 1 N–H and O–H groups in total. The molecule has 0 bridgehead atoms. The van der Waals surface area contributed by atoms with Crippen LogP contribution in [0.1, 0.15) is 29.8 Å². The van der Waals surface area contributed by atoms with Crippen molar-refractivity contribution < 1.29 is 19.4 Å². The van der Waals surface area contributed by atoms with Gasteiger partial charge in [-0.3, -0.25) is 4.79 Å². The Balaban J connectivity index is 2.78. The number of ether oxygens (including phenoxy) is 1. The third-order valence-corrected chi connectivity index (χ3v) is 2.88. The number of benzene rings is 1. The number of aromatic carboxylic acids is 1. The largest absolute Gasteiger partial charge is 0.483 e. The third-order valence-electron chi connectivity index (χ3n) is 2.88. The molecule has 0 aliphatic carbocycles. The van der Waals surface area contributed by atoms with Crippen LogP contribution in [-0.2, 0) is 4.79 Å². The summed E-state index contributed by atoms with van der Waals surface area (Å²) >= 11 is 0. The fourth-order valence-corrected chi connectivity index (χ4v) is 1.47. The van der Waals surface area contributed by atoms with Gasteiger partial charge in [-0.2, -0.15) is 0 Å². The van der Waals surface area contributed by atoms with Crippen LogP contribution >= 0.6 is 0 Å². The zero-order valence-corrected chi connectivity index (χ0v) is 11.6. The van der Waals surface area contributed by atoms with Gasteiger partial charge in [-0.1, -0.05) is 11.6 Å². The third kappa shape index (κ3) is 3.98. The molecular formula is C14H19NO4. The molecule has 104 valence electrons. The van der Waals surface area contributed by atoms with Gasteiger partial charge in [-0.15, -0.1) is 0 Å². The Labute approximate surface area is 112 Å². The van der Waals surface area contributed by atoms with Crippen LogP contribution in [0.25, 0.3) is 0 Å². The smallest absolute Gasteiger partial charge is 0.339 e. The van der Waals surface area contributed by atoms with Crippen LogP contribution in [0.3, 0.4) is 0 Å². The minimum Gasteiger partial charge on any atom is -0.483 e. The minimum atomic E-state index is -1.07. The average molecular weight is 265 g/mol. The van der Waals surface area contributed by atoms with Crippen LogP contribution in [0.4, 0.5) is 0 Å². The molecule has 5 nitrogen and oxygen atoms in total. The van der Waals surface area contributed by atoms with Crippen molar-refractivity contribution in [1.29, 1.82) is 0 Å². The van der Waals surface area contributed by atoms with E-state index < -0.39 is 5.97 Å². The number of carboxylic acid groups (broad SMARTS) is 1. The van der Waals surface area contributed by atoms with E-state index in [1.807, 2.05) is 13.8 Å². The number of nitrogens with zero attached hydrogens (tertiary/aromatic N) is 1. The maximum absolute atomic E-state index is 11.8. The Morgan fingerprint density at radius 3 is 2.53 bits per heavy atom. The summed E-state index contributed by atoms with van der Waals surface area (Å²) in [6, 6.07) is 4.92. The van der Waals surface area contributed by atoms with Crippen LogP contribution in [0, 0.1) is 6.92 Å². The van der Waals surface area contributed by atoms with Gasteiger partial charge in [0.05, 0.1) is 0 Å². The summed E-state index contributed by atoms with van der Waals surface area (Å²) in [4.78, 5) is 24.4. The molecule has 0 saturated carbocycles. The maximum atomic E-state index is 11.8. The number of rotatable bonds is 5. The van der Waals surface area contributed by atoms with E-state index in [9.17, 15) is 9.59 Å². The summed E-state index contributed by atoms with van der Waals surface area (Å²) < 4.78 is 5.31. The summed E-state index contributed by atoms with van der Waals surface area (Å²) in [6.45, 7) is 5.42. The van der Waals surface area contributed by atoms with Gasteiger partial charge in [0.15, 0.2) is 6.61 Å².